The van der Waals surface area contributed by atoms with Gasteiger partial charge in [0, 0.05) is 10.9 Å². The van der Waals surface area contributed by atoms with Gasteiger partial charge in [0.05, 0.1) is 0 Å². The Morgan fingerprint density at radius 3 is 2.50 bits per heavy atom. The Bertz CT molecular complexity index is 845. The first-order chi connectivity index (χ1) is 9.65. The predicted molar refractivity (Wildman–Crippen MR) is 77.1 cm³/mol. The smallest absolute Gasteiger partial charge is 0.347 e. The minimum absolute atomic E-state index is 0.0625. The van der Waals surface area contributed by atoms with E-state index in [9.17, 15) is 9.59 Å². The molecule has 3 nitrogen and oxygen atoms in total. The molecule has 3 rings (SSSR count). The van der Waals surface area contributed by atoms with E-state index in [4.69, 9.17) is 4.42 Å². The molecular weight excluding hydrogens is 252 g/mol. The van der Waals surface area contributed by atoms with Crippen LogP contribution in [0.2, 0.25) is 0 Å². The summed E-state index contributed by atoms with van der Waals surface area (Å²) in [5, 5.41) is 0.745. The molecule has 3 heteroatoms. The Labute approximate surface area is 115 Å². The molecule has 0 atom stereocenters. The molecule has 20 heavy (non-hydrogen) atoms. The van der Waals surface area contributed by atoms with Crippen molar-refractivity contribution < 1.29 is 9.21 Å². The average molecular weight is 264 g/mol. The van der Waals surface area contributed by atoms with Gasteiger partial charge in [-0.3, -0.25) is 4.79 Å². The second-order valence-corrected chi connectivity index (χ2v) is 4.68. The molecule has 0 N–H and O–H groups in total. The third-order valence-corrected chi connectivity index (χ3v) is 3.17. The largest absolute Gasteiger partial charge is 0.422 e. The predicted octanol–water partition coefficient (Wildman–Crippen LogP) is 3.33. The monoisotopic (exact) mass is 264 g/mol. The number of hydrogen-bond acceptors (Lipinski definition) is 3. The van der Waals surface area contributed by atoms with E-state index in [0.29, 0.717) is 11.1 Å². The molecule has 0 aliphatic rings. The lowest BCUT2D eigenvalue weighted by Gasteiger charge is -2.02. The first kappa shape index (κ1) is 12.4. The Hall–Kier alpha value is -2.68. The summed E-state index contributed by atoms with van der Waals surface area (Å²) >= 11 is 0. The van der Waals surface area contributed by atoms with E-state index in [1.807, 2.05) is 25.1 Å². The molecule has 1 heterocycles. The highest BCUT2D eigenvalue weighted by molar-refractivity contribution is 6.09. The summed E-state index contributed by atoms with van der Waals surface area (Å²) in [7, 11) is 0. The molecule has 0 spiro atoms. The van der Waals surface area contributed by atoms with E-state index in [2.05, 4.69) is 0 Å². The molecule has 98 valence electrons. The number of hydrogen-bond donors (Lipinski definition) is 0. The lowest BCUT2D eigenvalue weighted by atomic mass is 10.0. The average Bonchev–Trinajstić information content (AvgIpc) is 2.46. The fourth-order valence-corrected chi connectivity index (χ4v) is 2.12. The fourth-order valence-electron chi connectivity index (χ4n) is 2.12. The van der Waals surface area contributed by atoms with Crippen LogP contribution in [0.3, 0.4) is 0 Å². The van der Waals surface area contributed by atoms with Gasteiger partial charge in [-0.15, -0.1) is 0 Å². The Balaban J connectivity index is 2.17. The van der Waals surface area contributed by atoms with Crippen LogP contribution in [0.4, 0.5) is 0 Å². The molecular formula is C17H12O3. The number of rotatable bonds is 2. The zero-order valence-electron chi connectivity index (χ0n) is 10.9. The summed E-state index contributed by atoms with van der Waals surface area (Å²) in [5.74, 6) is -0.318. The molecule has 0 aliphatic heterocycles. The zero-order valence-corrected chi connectivity index (χ0v) is 10.9. The van der Waals surface area contributed by atoms with Gasteiger partial charge in [0.25, 0.3) is 0 Å². The van der Waals surface area contributed by atoms with Gasteiger partial charge < -0.3 is 4.42 Å². The summed E-state index contributed by atoms with van der Waals surface area (Å²) in [6.45, 7) is 1.92. The molecule has 0 bridgehead atoms. The van der Waals surface area contributed by atoms with Crippen molar-refractivity contribution in [2.75, 3.05) is 0 Å². The van der Waals surface area contributed by atoms with E-state index in [1.165, 1.54) is 0 Å². The molecule has 0 radical (unpaired) electrons. The third-order valence-electron chi connectivity index (χ3n) is 3.17. The number of fused-ring (bicyclic) bond motifs is 1. The third kappa shape index (κ3) is 2.14. The molecule has 0 amide bonds. The van der Waals surface area contributed by atoms with Gasteiger partial charge in [-0.1, -0.05) is 42.5 Å². The zero-order chi connectivity index (χ0) is 14.1. The number of ketones is 1. The molecule has 0 saturated carbocycles. The first-order valence-corrected chi connectivity index (χ1v) is 6.29. The summed E-state index contributed by atoms with van der Waals surface area (Å²) in [6.07, 6.45) is 0. The summed E-state index contributed by atoms with van der Waals surface area (Å²) < 4.78 is 5.24. The van der Waals surface area contributed by atoms with Crippen molar-refractivity contribution >= 4 is 16.8 Å². The van der Waals surface area contributed by atoms with Crippen molar-refractivity contribution in [3.63, 3.8) is 0 Å². The van der Waals surface area contributed by atoms with Gasteiger partial charge in [-0.2, -0.15) is 0 Å². The maximum absolute atomic E-state index is 12.3. The lowest BCUT2D eigenvalue weighted by molar-refractivity contribution is 0.103. The van der Waals surface area contributed by atoms with Crippen molar-refractivity contribution in [2.24, 2.45) is 0 Å². The molecule has 0 aliphatic carbocycles. The van der Waals surface area contributed by atoms with Crippen LogP contribution in [-0.4, -0.2) is 5.78 Å². The highest BCUT2D eigenvalue weighted by atomic mass is 16.4. The topological polar surface area (TPSA) is 47.3 Å². The minimum atomic E-state index is -0.600. The van der Waals surface area contributed by atoms with Crippen LogP contribution in [-0.2, 0) is 0 Å². The number of carbonyl (C=O) groups excluding carboxylic acids is 1. The van der Waals surface area contributed by atoms with E-state index in [1.54, 1.807) is 36.4 Å². The summed E-state index contributed by atoms with van der Waals surface area (Å²) in [6, 6.07) is 15.8. The van der Waals surface area contributed by atoms with Crippen LogP contribution in [0.25, 0.3) is 11.0 Å². The van der Waals surface area contributed by atoms with Crippen LogP contribution in [0.15, 0.2) is 63.8 Å². The molecule has 3 aromatic rings. The lowest BCUT2D eigenvalue weighted by Crippen LogP contribution is -2.14. The van der Waals surface area contributed by atoms with Crippen LogP contribution >= 0.6 is 0 Å². The highest BCUT2D eigenvalue weighted by Crippen LogP contribution is 2.16. The highest BCUT2D eigenvalue weighted by Gasteiger charge is 2.15. The minimum Gasteiger partial charge on any atom is -0.422 e. The van der Waals surface area contributed by atoms with Crippen LogP contribution < -0.4 is 5.63 Å². The van der Waals surface area contributed by atoms with Crippen molar-refractivity contribution in [3.8, 4) is 0 Å². The van der Waals surface area contributed by atoms with E-state index < -0.39 is 5.63 Å². The molecule has 1 aromatic heterocycles. The standard InChI is InChI=1S/C17H12O3/c1-11-7-8-13-10-14(17(19)20-15(13)9-11)16(18)12-5-3-2-4-6-12/h2-10H,1H3. The second kappa shape index (κ2) is 4.78. The Morgan fingerprint density at radius 2 is 1.75 bits per heavy atom. The van der Waals surface area contributed by atoms with Gasteiger partial charge in [0.15, 0.2) is 5.78 Å². The molecule has 2 aromatic carbocycles. The first-order valence-electron chi connectivity index (χ1n) is 6.29. The van der Waals surface area contributed by atoms with Gasteiger partial charge in [-0.25, -0.2) is 4.79 Å². The van der Waals surface area contributed by atoms with Crippen molar-refractivity contribution in [1.82, 2.24) is 0 Å². The second-order valence-electron chi connectivity index (χ2n) is 4.68. The van der Waals surface area contributed by atoms with Gasteiger partial charge in [-0.05, 0) is 24.6 Å². The summed E-state index contributed by atoms with van der Waals surface area (Å²) in [5.41, 5.74) is 1.44. The maximum atomic E-state index is 12.3. The fraction of sp³-hybridized carbons (Fsp3) is 0.0588. The van der Waals surface area contributed by atoms with Gasteiger partial charge in [0.2, 0.25) is 0 Å². The van der Waals surface area contributed by atoms with Crippen LogP contribution in [0.5, 0.6) is 0 Å². The van der Waals surface area contributed by atoms with E-state index >= 15 is 0 Å². The molecule has 0 saturated heterocycles. The van der Waals surface area contributed by atoms with Crippen molar-refractivity contribution in [3.05, 3.63) is 81.7 Å². The van der Waals surface area contributed by atoms with Gasteiger partial charge in [0.1, 0.15) is 11.1 Å². The molecule has 0 unspecified atom stereocenters. The maximum Gasteiger partial charge on any atom is 0.347 e. The molecule has 0 fully saturated rings. The number of aryl methyl sites for hydroxylation is 1. The Morgan fingerprint density at radius 1 is 1.00 bits per heavy atom. The SMILES string of the molecule is Cc1ccc2cc(C(=O)c3ccccc3)c(=O)oc2c1. The normalized spacial score (nSPS) is 10.7. The van der Waals surface area contributed by atoms with Crippen molar-refractivity contribution in [1.29, 1.82) is 0 Å². The summed E-state index contributed by atoms with van der Waals surface area (Å²) in [4.78, 5) is 24.3. The quantitative estimate of drug-likeness (QED) is 0.527. The van der Waals surface area contributed by atoms with Crippen LogP contribution in [0, 0.1) is 6.92 Å². The van der Waals surface area contributed by atoms with Gasteiger partial charge >= 0.3 is 5.63 Å². The van der Waals surface area contributed by atoms with E-state index in [0.717, 1.165) is 10.9 Å². The van der Waals surface area contributed by atoms with Crippen molar-refractivity contribution in [2.45, 2.75) is 6.92 Å². The van der Waals surface area contributed by atoms with Crippen LogP contribution in [0.1, 0.15) is 21.5 Å². The Kier molecular flexibility index (Phi) is 2.95. The number of benzene rings is 2. The van der Waals surface area contributed by atoms with E-state index in [-0.39, 0.29) is 11.3 Å². The number of carbonyl (C=O) groups is 1.